The van der Waals surface area contributed by atoms with Crippen LogP contribution >= 0.6 is 24.0 Å². The molecule has 7 nitrogen and oxygen atoms in total. The second-order valence-corrected chi connectivity index (χ2v) is 8.41. The Kier molecular flexibility index (Phi) is 8.98. The lowest BCUT2D eigenvalue weighted by atomic mass is 10.1. The molecule has 0 amide bonds. The average Bonchev–Trinajstić information content (AvgIpc) is 3.54. The van der Waals surface area contributed by atoms with Crippen LogP contribution in [-0.2, 0) is 26.1 Å². The summed E-state index contributed by atoms with van der Waals surface area (Å²) in [5.41, 5.74) is 2.33. The summed E-state index contributed by atoms with van der Waals surface area (Å²) in [6.45, 7) is 8.02. The van der Waals surface area contributed by atoms with E-state index in [4.69, 9.17) is 9.73 Å². The Morgan fingerprint density at radius 2 is 2.06 bits per heavy atom. The molecule has 31 heavy (non-hydrogen) atoms. The van der Waals surface area contributed by atoms with Gasteiger partial charge in [-0.25, -0.2) is 4.99 Å². The average molecular weight is 538 g/mol. The van der Waals surface area contributed by atoms with Crippen LogP contribution in [0.3, 0.4) is 0 Å². The molecule has 0 radical (unpaired) electrons. The monoisotopic (exact) mass is 538 g/mol. The second kappa shape index (κ2) is 11.7. The molecule has 0 bridgehead atoms. The number of halogens is 1. The molecule has 0 spiro atoms. The van der Waals surface area contributed by atoms with Crippen molar-refractivity contribution in [3.8, 4) is 5.75 Å². The number of aliphatic imine (C=N–C) groups is 1. The van der Waals surface area contributed by atoms with Gasteiger partial charge in [-0.3, -0.25) is 0 Å². The van der Waals surface area contributed by atoms with E-state index in [2.05, 4.69) is 57.4 Å². The molecule has 2 aliphatic rings. The van der Waals surface area contributed by atoms with E-state index in [1.807, 2.05) is 0 Å². The highest BCUT2D eigenvalue weighted by Gasteiger charge is 2.22. The van der Waals surface area contributed by atoms with E-state index < -0.39 is 0 Å². The van der Waals surface area contributed by atoms with E-state index in [0.717, 1.165) is 61.0 Å². The van der Waals surface area contributed by atoms with E-state index in [0.29, 0.717) is 13.1 Å². The van der Waals surface area contributed by atoms with Crippen molar-refractivity contribution < 1.29 is 4.74 Å². The third-order valence-corrected chi connectivity index (χ3v) is 5.75. The van der Waals surface area contributed by atoms with Crippen LogP contribution in [0, 0.1) is 12.8 Å². The van der Waals surface area contributed by atoms with Crippen molar-refractivity contribution in [1.82, 2.24) is 25.4 Å². The number of aryl methyl sites for hydroxylation is 2. The normalized spacial score (nSPS) is 16.1. The molecule has 0 unspecified atom stereocenters. The number of fused-ring (bicyclic) bond motifs is 1. The molecule has 2 N–H and O–H groups in total. The molecule has 1 aliphatic heterocycles. The van der Waals surface area contributed by atoms with Gasteiger partial charge in [0.1, 0.15) is 11.6 Å². The summed E-state index contributed by atoms with van der Waals surface area (Å²) >= 11 is 0. The van der Waals surface area contributed by atoms with Crippen molar-refractivity contribution in [3.05, 3.63) is 41.0 Å². The van der Waals surface area contributed by atoms with Gasteiger partial charge in [0.15, 0.2) is 11.8 Å². The van der Waals surface area contributed by atoms with Crippen LogP contribution < -0.4 is 15.4 Å². The maximum absolute atomic E-state index is 6.10. The molecule has 4 rings (SSSR count). The van der Waals surface area contributed by atoms with Crippen LogP contribution in [0.1, 0.15) is 61.8 Å². The van der Waals surface area contributed by atoms with Crippen LogP contribution in [0.25, 0.3) is 0 Å². The van der Waals surface area contributed by atoms with Gasteiger partial charge in [-0.05, 0) is 57.1 Å². The van der Waals surface area contributed by atoms with Gasteiger partial charge in [0.2, 0.25) is 0 Å². The Labute approximate surface area is 202 Å². The maximum atomic E-state index is 6.10. The topological polar surface area (TPSA) is 76.4 Å². The van der Waals surface area contributed by atoms with Crippen molar-refractivity contribution >= 4 is 29.9 Å². The van der Waals surface area contributed by atoms with Gasteiger partial charge < -0.3 is 19.9 Å². The SMILES string of the molecule is CCNC(=NCc1ccc(C)cc1OCC1CC1)NCc1nnc2n1CCCCC2.I. The number of guanidine groups is 1. The summed E-state index contributed by atoms with van der Waals surface area (Å²) in [6, 6.07) is 6.38. The number of hydrogen-bond donors (Lipinski definition) is 2. The molecule has 1 aromatic carbocycles. The largest absolute Gasteiger partial charge is 0.493 e. The summed E-state index contributed by atoms with van der Waals surface area (Å²) in [4.78, 5) is 4.80. The highest BCUT2D eigenvalue weighted by Crippen LogP contribution is 2.31. The van der Waals surface area contributed by atoms with Gasteiger partial charge in [-0.1, -0.05) is 18.6 Å². The molecule has 1 aliphatic carbocycles. The van der Waals surface area contributed by atoms with Gasteiger partial charge in [0.05, 0.1) is 19.7 Å². The summed E-state index contributed by atoms with van der Waals surface area (Å²) < 4.78 is 8.37. The molecule has 0 saturated heterocycles. The number of aromatic nitrogens is 3. The van der Waals surface area contributed by atoms with E-state index in [9.17, 15) is 0 Å². The molecule has 2 heterocycles. The van der Waals surface area contributed by atoms with Crippen molar-refractivity contribution in [3.63, 3.8) is 0 Å². The molecular formula is C23H35IN6O. The lowest BCUT2D eigenvalue weighted by Gasteiger charge is -2.14. The molecule has 1 fully saturated rings. The number of ether oxygens (including phenoxy) is 1. The zero-order valence-corrected chi connectivity index (χ0v) is 21.0. The van der Waals surface area contributed by atoms with Crippen molar-refractivity contribution in [2.75, 3.05) is 13.2 Å². The fourth-order valence-electron chi connectivity index (χ4n) is 3.76. The zero-order valence-electron chi connectivity index (χ0n) is 18.7. The first-order valence-corrected chi connectivity index (χ1v) is 11.4. The molecule has 2 aromatic rings. The third kappa shape index (κ3) is 6.82. The van der Waals surface area contributed by atoms with Crippen molar-refractivity contribution in [2.45, 2.75) is 72.0 Å². The first kappa shape index (κ1) is 23.8. The predicted octanol–water partition coefficient (Wildman–Crippen LogP) is 3.98. The first-order chi connectivity index (χ1) is 14.7. The summed E-state index contributed by atoms with van der Waals surface area (Å²) in [5.74, 6) is 4.59. The lowest BCUT2D eigenvalue weighted by molar-refractivity contribution is 0.296. The zero-order chi connectivity index (χ0) is 20.8. The van der Waals surface area contributed by atoms with Crippen LogP contribution in [-0.4, -0.2) is 33.9 Å². The molecule has 1 aromatic heterocycles. The minimum absolute atomic E-state index is 0. The maximum Gasteiger partial charge on any atom is 0.191 e. The minimum atomic E-state index is 0. The number of nitrogens with one attached hydrogen (secondary N) is 2. The smallest absolute Gasteiger partial charge is 0.191 e. The van der Waals surface area contributed by atoms with Crippen LogP contribution in [0.4, 0.5) is 0 Å². The molecule has 0 atom stereocenters. The summed E-state index contributed by atoms with van der Waals surface area (Å²) in [6.07, 6.45) is 7.28. The summed E-state index contributed by atoms with van der Waals surface area (Å²) in [7, 11) is 0. The van der Waals surface area contributed by atoms with E-state index in [-0.39, 0.29) is 24.0 Å². The molecule has 1 saturated carbocycles. The molecule has 8 heteroatoms. The highest BCUT2D eigenvalue weighted by molar-refractivity contribution is 14.0. The van der Waals surface area contributed by atoms with Crippen LogP contribution in [0.5, 0.6) is 5.75 Å². The summed E-state index contributed by atoms with van der Waals surface area (Å²) in [5, 5.41) is 15.6. The number of nitrogens with zero attached hydrogens (tertiary/aromatic N) is 4. The Balaban J connectivity index is 0.00000272. The van der Waals surface area contributed by atoms with Crippen LogP contribution in [0.2, 0.25) is 0 Å². The Morgan fingerprint density at radius 3 is 2.87 bits per heavy atom. The standard InChI is InChI=1S/C23H34N6O.HI/c1-3-24-23(26-15-22-28-27-21-7-5-4-6-12-29(21)22)25-14-19-11-8-17(2)13-20(19)30-16-18-9-10-18;/h8,11,13,18H,3-7,9-10,12,14-16H2,1-2H3,(H2,24,25,26);1H. The van der Waals surface area contributed by atoms with E-state index >= 15 is 0 Å². The Hall–Kier alpha value is -1.84. The van der Waals surface area contributed by atoms with Gasteiger partial charge in [0, 0.05) is 25.1 Å². The lowest BCUT2D eigenvalue weighted by Crippen LogP contribution is -2.37. The molecular weight excluding hydrogens is 503 g/mol. The van der Waals surface area contributed by atoms with Gasteiger partial charge >= 0.3 is 0 Å². The van der Waals surface area contributed by atoms with Crippen LogP contribution in [0.15, 0.2) is 23.2 Å². The van der Waals surface area contributed by atoms with E-state index in [1.165, 1.54) is 37.7 Å². The third-order valence-electron chi connectivity index (χ3n) is 5.75. The van der Waals surface area contributed by atoms with Gasteiger partial charge in [-0.2, -0.15) is 0 Å². The first-order valence-electron chi connectivity index (χ1n) is 11.4. The van der Waals surface area contributed by atoms with Gasteiger partial charge in [0.25, 0.3) is 0 Å². The Morgan fingerprint density at radius 1 is 1.19 bits per heavy atom. The molecule has 170 valence electrons. The van der Waals surface area contributed by atoms with Gasteiger partial charge in [-0.15, -0.1) is 34.2 Å². The number of hydrogen-bond acceptors (Lipinski definition) is 4. The number of benzene rings is 1. The highest BCUT2D eigenvalue weighted by atomic mass is 127. The quantitative estimate of drug-likeness (QED) is 0.302. The fourth-order valence-corrected chi connectivity index (χ4v) is 3.76. The Bertz CT molecular complexity index is 877. The van der Waals surface area contributed by atoms with E-state index in [1.54, 1.807) is 0 Å². The van der Waals surface area contributed by atoms with Crippen molar-refractivity contribution in [2.24, 2.45) is 10.9 Å². The predicted molar refractivity (Wildman–Crippen MR) is 134 cm³/mol. The number of rotatable bonds is 8. The second-order valence-electron chi connectivity index (χ2n) is 8.41. The van der Waals surface area contributed by atoms with Crippen molar-refractivity contribution in [1.29, 1.82) is 0 Å². The minimum Gasteiger partial charge on any atom is -0.493 e. The fraction of sp³-hybridized carbons (Fsp3) is 0.609.